The van der Waals surface area contributed by atoms with E-state index in [0.717, 1.165) is 58.6 Å². The number of carboxylic acids is 1. The van der Waals surface area contributed by atoms with Crippen LogP contribution in [-0.2, 0) is 14.3 Å². The molecule has 0 aromatic rings. The lowest BCUT2D eigenvalue weighted by Crippen LogP contribution is -2.51. The minimum Gasteiger partial charge on any atom is -0.481 e. The van der Waals surface area contributed by atoms with Gasteiger partial charge in [0.25, 0.3) is 0 Å². The topological polar surface area (TPSA) is 59.0 Å². The Morgan fingerprint density at radius 3 is 3.00 bits per heavy atom. The first-order valence-corrected chi connectivity index (χ1v) is 8.34. The van der Waals surface area contributed by atoms with Crippen molar-refractivity contribution >= 4 is 5.97 Å². The van der Waals surface area contributed by atoms with Crippen molar-refractivity contribution in [1.82, 2.24) is 4.90 Å². The zero-order valence-corrected chi connectivity index (χ0v) is 12.8. The number of likely N-dealkylation sites (tertiary alicyclic amines) is 1. The normalized spacial score (nSPS) is 37.9. The zero-order valence-electron chi connectivity index (χ0n) is 12.8. The van der Waals surface area contributed by atoms with Gasteiger partial charge in [-0.3, -0.25) is 9.69 Å². The van der Waals surface area contributed by atoms with Crippen LogP contribution in [-0.4, -0.2) is 60.5 Å². The van der Waals surface area contributed by atoms with Crippen LogP contribution in [0.4, 0.5) is 0 Å². The van der Waals surface area contributed by atoms with Crippen LogP contribution in [0.5, 0.6) is 0 Å². The summed E-state index contributed by atoms with van der Waals surface area (Å²) < 4.78 is 11.6. The van der Waals surface area contributed by atoms with E-state index in [9.17, 15) is 4.79 Å². The average molecular weight is 297 g/mol. The molecule has 0 aromatic heterocycles. The van der Waals surface area contributed by atoms with Crippen LogP contribution in [0.2, 0.25) is 0 Å². The summed E-state index contributed by atoms with van der Waals surface area (Å²) >= 11 is 0. The molecule has 1 N–H and O–H groups in total. The molecule has 3 unspecified atom stereocenters. The molecular weight excluding hydrogens is 270 g/mol. The minimum absolute atomic E-state index is 0.0308. The molecular formula is C16H27NO4. The highest BCUT2D eigenvalue weighted by Gasteiger charge is 2.43. The van der Waals surface area contributed by atoms with E-state index in [1.807, 2.05) is 0 Å². The molecule has 1 spiro atoms. The Balaban J connectivity index is 1.54. The fourth-order valence-corrected chi connectivity index (χ4v) is 4.17. The van der Waals surface area contributed by atoms with Crippen molar-refractivity contribution in [2.75, 3.05) is 32.9 Å². The van der Waals surface area contributed by atoms with Crippen LogP contribution >= 0.6 is 0 Å². The van der Waals surface area contributed by atoms with Crippen LogP contribution in [0.1, 0.15) is 44.9 Å². The van der Waals surface area contributed by atoms with Gasteiger partial charge in [-0.1, -0.05) is 0 Å². The van der Waals surface area contributed by atoms with E-state index in [4.69, 9.17) is 14.6 Å². The third-order valence-corrected chi connectivity index (χ3v) is 5.37. The van der Waals surface area contributed by atoms with Gasteiger partial charge < -0.3 is 14.6 Å². The summed E-state index contributed by atoms with van der Waals surface area (Å²) in [6.07, 6.45) is 6.73. The summed E-state index contributed by atoms with van der Waals surface area (Å²) in [7, 11) is 0. The zero-order chi connectivity index (χ0) is 14.7. The monoisotopic (exact) mass is 297 g/mol. The fraction of sp³-hybridized carbons (Fsp3) is 0.938. The second-order valence-corrected chi connectivity index (χ2v) is 6.92. The summed E-state index contributed by atoms with van der Waals surface area (Å²) in [4.78, 5) is 13.3. The number of hydrogen-bond donors (Lipinski definition) is 1. The molecule has 3 rings (SSSR count). The fourth-order valence-electron chi connectivity index (χ4n) is 4.17. The summed E-state index contributed by atoms with van der Waals surface area (Å²) in [5.41, 5.74) is -0.0308. The van der Waals surface area contributed by atoms with Crippen LogP contribution in [0, 0.1) is 5.92 Å². The Bertz CT molecular complexity index is 367. The Morgan fingerprint density at radius 2 is 2.24 bits per heavy atom. The quantitative estimate of drug-likeness (QED) is 0.859. The van der Waals surface area contributed by atoms with E-state index in [1.165, 1.54) is 12.8 Å². The largest absolute Gasteiger partial charge is 0.481 e. The number of carboxylic acid groups (broad SMARTS) is 1. The van der Waals surface area contributed by atoms with E-state index >= 15 is 0 Å². The molecule has 0 amide bonds. The summed E-state index contributed by atoms with van der Waals surface area (Å²) in [6, 6.07) is 0.591. The Morgan fingerprint density at radius 1 is 1.33 bits per heavy atom. The van der Waals surface area contributed by atoms with Gasteiger partial charge in [-0.25, -0.2) is 0 Å². The maximum Gasteiger partial charge on any atom is 0.303 e. The first-order chi connectivity index (χ1) is 10.2. The van der Waals surface area contributed by atoms with E-state index in [2.05, 4.69) is 4.90 Å². The van der Waals surface area contributed by atoms with Gasteiger partial charge in [0, 0.05) is 38.6 Å². The molecule has 3 saturated heterocycles. The van der Waals surface area contributed by atoms with E-state index in [0.29, 0.717) is 18.4 Å². The summed E-state index contributed by atoms with van der Waals surface area (Å²) in [6.45, 7) is 4.64. The number of rotatable bonds is 4. The predicted octanol–water partition coefficient (Wildman–Crippen LogP) is 1.90. The van der Waals surface area contributed by atoms with Gasteiger partial charge in [0.2, 0.25) is 0 Å². The molecule has 0 bridgehead atoms. The number of aliphatic carboxylic acids is 1. The molecule has 120 valence electrons. The lowest BCUT2D eigenvalue weighted by Gasteiger charge is -2.45. The number of carbonyl (C=O) groups is 1. The highest BCUT2D eigenvalue weighted by molar-refractivity contribution is 5.66. The highest BCUT2D eigenvalue weighted by atomic mass is 16.6. The van der Waals surface area contributed by atoms with Crippen molar-refractivity contribution in [3.8, 4) is 0 Å². The van der Waals surface area contributed by atoms with Gasteiger partial charge in [0.15, 0.2) is 0 Å². The second-order valence-electron chi connectivity index (χ2n) is 6.92. The average Bonchev–Trinajstić information content (AvgIpc) is 2.93. The lowest BCUT2D eigenvalue weighted by atomic mass is 9.86. The molecule has 3 heterocycles. The van der Waals surface area contributed by atoms with Gasteiger partial charge in [0.1, 0.15) is 0 Å². The number of piperidine rings is 1. The standard InChI is InChI=1S/C16H27NO4/c18-15(19)4-3-13-2-1-7-17(11-13)14-5-8-21-16(10-14)6-9-20-12-16/h13-14H,1-12H2,(H,18,19). The van der Waals surface area contributed by atoms with E-state index in [1.54, 1.807) is 0 Å². The Labute approximate surface area is 126 Å². The molecule has 0 aromatic carbocycles. The van der Waals surface area contributed by atoms with Crippen molar-refractivity contribution in [3.05, 3.63) is 0 Å². The van der Waals surface area contributed by atoms with Crippen LogP contribution in [0.15, 0.2) is 0 Å². The molecule has 3 aliphatic heterocycles. The summed E-state index contributed by atoms with van der Waals surface area (Å²) in [5.74, 6) is -0.117. The molecule has 0 radical (unpaired) electrons. The maximum absolute atomic E-state index is 10.8. The van der Waals surface area contributed by atoms with Gasteiger partial charge in [0.05, 0.1) is 12.2 Å². The van der Waals surface area contributed by atoms with Gasteiger partial charge in [-0.05, 0) is 44.6 Å². The first-order valence-electron chi connectivity index (χ1n) is 8.34. The van der Waals surface area contributed by atoms with Gasteiger partial charge in [-0.2, -0.15) is 0 Å². The smallest absolute Gasteiger partial charge is 0.303 e. The van der Waals surface area contributed by atoms with Gasteiger partial charge in [-0.15, -0.1) is 0 Å². The third-order valence-electron chi connectivity index (χ3n) is 5.37. The van der Waals surface area contributed by atoms with Crippen LogP contribution in [0.3, 0.4) is 0 Å². The molecule has 3 atom stereocenters. The third kappa shape index (κ3) is 3.76. The van der Waals surface area contributed by atoms with E-state index in [-0.39, 0.29) is 5.60 Å². The summed E-state index contributed by atoms with van der Waals surface area (Å²) in [5, 5.41) is 8.85. The Hall–Kier alpha value is -0.650. The SMILES string of the molecule is O=C(O)CCC1CCCN(C2CCOC3(CCOC3)C2)C1. The second kappa shape index (κ2) is 6.63. The van der Waals surface area contributed by atoms with Crippen molar-refractivity contribution in [1.29, 1.82) is 0 Å². The number of nitrogens with zero attached hydrogens (tertiary/aromatic N) is 1. The van der Waals surface area contributed by atoms with Crippen LogP contribution in [0.25, 0.3) is 0 Å². The molecule has 0 saturated carbocycles. The molecule has 0 aliphatic carbocycles. The molecule has 3 aliphatic rings. The highest BCUT2D eigenvalue weighted by Crippen LogP contribution is 2.36. The van der Waals surface area contributed by atoms with Crippen molar-refractivity contribution < 1.29 is 19.4 Å². The van der Waals surface area contributed by atoms with Crippen LogP contribution < -0.4 is 0 Å². The van der Waals surface area contributed by atoms with Crippen molar-refractivity contribution in [2.45, 2.75) is 56.6 Å². The maximum atomic E-state index is 10.8. The molecule has 3 fully saturated rings. The number of hydrogen-bond acceptors (Lipinski definition) is 4. The van der Waals surface area contributed by atoms with Gasteiger partial charge >= 0.3 is 5.97 Å². The first kappa shape index (κ1) is 15.3. The predicted molar refractivity (Wildman–Crippen MR) is 78.3 cm³/mol. The van der Waals surface area contributed by atoms with E-state index < -0.39 is 5.97 Å². The molecule has 21 heavy (non-hydrogen) atoms. The Kier molecular flexibility index (Phi) is 4.82. The lowest BCUT2D eigenvalue weighted by molar-refractivity contribution is -0.137. The minimum atomic E-state index is -0.666. The van der Waals surface area contributed by atoms with Crippen molar-refractivity contribution in [2.24, 2.45) is 5.92 Å². The molecule has 5 heteroatoms. The molecule has 5 nitrogen and oxygen atoms in total. The van der Waals surface area contributed by atoms with Crippen molar-refractivity contribution in [3.63, 3.8) is 0 Å². The number of ether oxygens (including phenoxy) is 2.